The van der Waals surface area contributed by atoms with Gasteiger partial charge >= 0.3 is 0 Å². The molecule has 0 fully saturated rings. The van der Waals surface area contributed by atoms with Gasteiger partial charge < -0.3 is 9.32 Å². The smallest absolute Gasteiger partial charge is 0.143 e. The van der Waals surface area contributed by atoms with Crippen molar-refractivity contribution in [2.75, 3.05) is 4.90 Å². The third-order valence-electron chi connectivity index (χ3n) is 15.0. The molecule has 63 heavy (non-hydrogen) atoms. The summed E-state index contributed by atoms with van der Waals surface area (Å²) in [5.74, 6) is 0. The molecule has 9 aromatic carbocycles. The van der Waals surface area contributed by atoms with Crippen LogP contribution in [-0.4, -0.2) is 0 Å². The van der Waals surface area contributed by atoms with Crippen LogP contribution in [0.1, 0.15) is 72.2 Å². The molecule has 10 aromatic rings. The van der Waals surface area contributed by atoms with Gasteiger partial charge in [0.25, 0.3) is 0 Å². The second-order valence-corrected chi connectivity index (χ2v) is 18.8. The third-order valence-corrected chi connectivity index (χ3v) is 15.0. The lowest BCUT2D eigenvalue weighted by Crippen LogP contribution is -2.28. The van der Waals surface area contributed by atoms with Crippen LogP contribution in [0, 0.1) is 0 Å². The molecule has 0 atom stereocenters. The second kappa shape index (κ2) is 12.8. The molecule has 0 spiro atoms. The van der Waals surface area contributed by atoms with Crippen molar-refractivity contribution in [1.29, 1.82) is 0 Å². The van der Waals surface area contributed by atoms with Crippen LogP contribution in [0.5, 0.6) is 0 Å². The molecule has 1 aromatic heterocycles. The third kappa shape index (κ3) is 4.73. The van der Waals surface area contributed by atoms with E-state index in [-0.39, 0.29) is 10.8 Å². The zero-order valence-corrected chi connectivity index (χ0v) is 35.9. The minimum absolute atomic E-state index is 0.156. The Morgan fingerprint density at radius 3 is 1.63 bits per heavy atom. The van der Waals surface area contributed by atoms with Gasteiger partial charge in [-0.25, -0.2) is 0 Å². The highest BCUT2D eigenvalue weighted by atomic mass is 16.3. The standard InChI is InChI=1S/C61H45NO/c1-59(2)48-23-12-8-19-42(48)45-34-33-41(37-53(45)59)62(54-27-16-26-51-56(54)57-52(60(51,3)4)36-35-47-46-22-11-15-28-55(46)63-58(47)57)40-31-29-39(30-32-40)61(38-17-6-5-7-18-38)49-24-13-9-20-43(49)44-21-10-14-25-50(44)61/h5-37H,1-4H3. The van der Waals surface area contributed by atoms with E-state index in [0.29, 0.717) is 0 Å². The highest BCUT2D eigenvalue weighted by Gasteiger charge is 2.46. The van der Waals surface area contributed by atoms with Crippen molar-refractivity contribution in [3.05, 3.63) is 245 Å². The Morgan fingerprint density at radius 1 is 0.365 bits per heavy atom. The number of para-hydroxylation sites is 1. The topological polar surface area (TPSA) is 16.4 Å². The monoisotopic (exact) mass is 807 g/mol. The minimum atomic E-state index is -0.481. The average molecular weight is 808 g/mol. The Hall–Kier alpha value is -7.42. The Kier molecular flexibility index (Phi) is 7.37. The van der Waals surface area contributed by atoms with Gasteiger partial charge in [-0.05, 0) is 103 Å². The summed E-state index contributed by atoms with van der Waals surface area (Å²) in [6.45, 7) is 9.48. The van der Waals surface area contributed by atoms with Crippen LogP contribution in [0.25, 0.3) is 55.3 Å². The summed E-state index contributed by atoms with van der Waals surface area (Å²) in [4.78, 5) is 2.51. The van der Waals surface area contributed by atoms with Crippen molar-refractivity contribution in [2.24, 2.45) is 0 Å². The van der Waals surface area contributed by atoms with E-state index in [0.717, 1.165) is 39.0 Å². The van der Waals surface area contributed by atoms with Gasteiger partial charge in [-0.15, -0.1) is 0 Å². The first-order valence-electron chi connectivity index (χ1n) is 22.3. The van der Waals surface area contributed by atoms with Gasteiger partial charge in [0.15, 0.2) is 0 Å². The van der Waals surface area contributed by atoms with E-state index < -0.39 is 5.41 Å². The fourth-order valence-corrected chi connectivity index (χ4v) is 12.0. The summed E-state index contributed by atoms with van der Waals surface area (Å²) in [6, 6.07) is 74.6. The Bertz CT molecular complexity index is 3470. The summed E-state index contributed by atoms with van der Waals surface area (Å²) in [5.41, 5.74) is 22.5. The zero-order valence-electron chi connectivity index (χ0n) is 35.9. The van der Waals surface area contributed by atoms with Crippen molar-refractivity contribution >= 4 is 39.0 Å². The van der Waals surface area contributed by atoms with Crippen LogP contribution in [-0.2, 0) is 16.2 Å². The highest BCUT2D eigenvalue weighted by Crippen LogP contribution is 2.59. The Labute approximate surface area is 368 Å². The van der Waals surface area contributed by atoms with Crippen molar-refractivity contribution in [3.8, 4) is 33.4 Å². The first-order chi connectivity index (χ1) is 30.8. The van der Waals surface area contributed by atoms with Crippen molar-refractivity contribution in [3.63, 3.8) is 0 Å². The molecule has 0 unspecified atom stereocenters. The molecular weight excluding hydrogens is 763 g/mol. The molecule has 3 aliphatic carbocycles. The molecule has 0 bridgehead atoms. The maximum Gasteiger partial charge on any atom is 0.143 e. The van der Waals surface area contributed by atoms with E-state index in [4.69, 9.17) is 4.42 Å². The van der Waals surface area contributed by atoms with Gasteiger partial charge in [-0.2, -0.15) is 0 Å². The number of hydrogen-bond donors (Lipinski definition) is 0. The number of furan rings is 1. The lowest BCUT2D eigenvalue weighted by molar-refractivity contribution is 0.653. The molecule has 0 amide bonds. The molecule has 2 nitrogen and oxygen atoms in total. The van der Waals surface area contributed by atoms with E-state index >= 15 is 0 Å². The number of nitrogens with zero attached hydrogens (tertiary/aromatic N) is 1. The Balaban J connectivity index is 1.07. The molecule has 0 N–H and O–H groups in total. The quantitative estimate of drug-likeness (QED) is 0.172. The summed E-state index contributed by atoms with van der Waals surface area (Å²) in [7, 11) is 0. The van der Waals surface area contributed by atoms with Crippen molar-refractivity contribution in [2.45, 2.75) is 43.9 Å². The van der Waals surface area contributed by atoms with Gasteiger partial charge in [0.2, 0.25) is 0 Å². The fraction of sp³-hybridized carbons (Fsp3) is 0.115. The van der Waals surface area contributed by atoms with Crippen molar-refractivity contribution in [1.82, 2.24) is 0 Å². The molecule has 0 saturated heterocycles. The largest absolute Gasteiger partial charge is 0.455 e. The zero-order chi connectivity index (χ0) is 42.2. The number of rotatable bonds is 5. The molecule has 300 valence electrons. The van der Waals surface area contributed by atoms with Gasteiger partial charge in [-0.1, -0.05) is 191 Å². The normalized spacial score (nSPS) is 15.4. The van der Waals surface area contributed by atoms with E-state index in [9.17, 15) is 0 Å². The van der Waals surface area contributed by atoms with E-state index in [1.807, 2.05) is 0 Å². The number of benzene rings is 9. The van der Waals surface area contributed by atoms with E-state index in [1.54, 1.807) is 0 Å². The fourth-order valence-electron chi connectivity index (χ4n) is 12.0. The summed E-state index contributed by atoms with van der Waals surface area (Å²) < 4.78 is 6.88. The molecule has 0 radical (unpaired) electrons. The van der Waals surface area contributed by atoms with Crippen molar-refractivity contribution < 1.29 is 4.42 Å². The van der Waals surface area contributed by atoms with Gasteiger partial charge in [0, 0.05) is 44.1 Å². The van der Waals surface area contributed by atoms with Crippen LogP contribution >= 0.6 is 0 Å². The lowest BCUT2D eigenvalue weighted by atomic mass is 9.68. The van der Waals surface area contributed by atoms with Crippen LogP contribution in [0.2, 0.25) is 0 Å². The van der Waals surface area contributed by atoms with Gasteiger partial charge in [-0.3, -0.25) is 0 Å². The number of anilines is 3. The SMILES string of the molecule is CC1(C)c2ccccc2-c2ccc(N(c3ccc(C4(c5ccccc5)c5ccccc5-c5ccccc54)cc3)c3cccc4c3-c3c(ccc5c3oc3ccccc35)C4(C)C)cc21. The van der Waals surface area contributed by atoms with E-state index in [1.165, 1.54) is 77.9 Å². The number of hydrogen-bond acceptors (Lipinski definition) is 2. The number of fused-ring (bicyclic) bond motifs is 13. The summed E-state index contributed by atoms with van der Waals surface area (Å²) in [5, 5.41) is 2.30. The van der Waals surface area contributed by atoms with Crippen LogP contribution in [0.4, 0.5) is 17.1 Å². The molecule has 0 saturated carbocycles. The van der Waals surface area contributed by atoms with Gasteiger partial charge in [0.1, 0.15) is 11.2 Å². The second-order valence-electron chi connectivity index (χ2n) is 18.8. The minimum Gasteiger partial charge on any atom is -0.455 e. The molecule has 0 aliphatic heterocycles. The molecule has 3 aliphatic rings. The first-order valence-corrected chi connectivity index (χ1v) is 22.3. The van der Waals surface area contributed by atoms with Crippen LogP contribution < -0.4 is 4.90 Å². The van der Waals surface area contributed by atoms with E-state index in [2.05, 4.69) is 233 Å². The first kappa shape index (κ1) is 36.3. The van der Waals surface area contributed by atoms with Crippen LogP contribution in [0.15, 0.2) is 205 Å². The molecule has 2 heteroatoms. The predicted octanol–water partition coefficient (Wildman–Crippen LogP) is 16.0. The molecule has 1 heterocycles. The molecule has 13 rings (SSSR count). The Morgan fingerprint density at radius 2 is 0.905 bits per heavy atom. The highest BCUT2D eigenvalue weighted by molar-refractivity contribution is 6.13. The lowest BCUT2D eigenvalue weighted by Gasteiger charge is -2.35. The van der Waals surface area contributed by atoms with Crippen LogP contribution in [0.3, 0.4) is 0 Å². The molecular formula is C61H45NO. The van der Waals surface area contributed by atoms with Gasteiger partial charge in [0.05, 0.1) is 11.1 Å². The summed E-state index contributed by atoms with van der Waals surface area (Å²) >= 11 is 0. The maximum absolute atomic E-state index is 6.88. The summed E-state index contributed by atoms with van der Waals surface area (Å²) in [6.07, 6.45) is 0. The maximum atomic E-state index is 6.88. The average Bonchev–Trinajstić information content (AvgIpc) is 4.00. The predicted molar refractivity (Wildman–Crippen MR) is 261 cm³/mol.